The Morgan fingerprint density at radius 2 is 2.17 bits per heavy atom. The van der Waals surface area contributed by atoms with Gasteiger partial charge in [-0.15, -0.1) is 11.3 Å². The Bertz CT molecular complexity index is 811. The van der Waals surface area contributed by atoms with Gasteiger partial charge in [-0.2, -0.15) is 0 Å². The van der Waals surface area contributed by atoms with Gasteiger partial charge in [0.05, 0.1) is 30.0 Å². The van der Waals surface area contributed by atoms with E-state index in [2.05, 4.69) is 20.3 Å². The van der Waals surface area contributed by atoms with Gasteiger partial charge in [0.15, 0.2) is 5.89 Å². The molecule has 3 aromatic rings. The highest BCUT2D eigenvalue weighted by molar-refractivity contribution is 7.13. The number of pyridine rings is 1. The van der Waals surface area contributed by atoms with Gasteiger partial charge >= 0.3 is 0 Å². The molecule has 118 valence electrons. The van der Waals surface area contributed by atoms with Crippen molar-refractivity contribution >= 4 is 17.2 Å². The largest absolute Gasteiger partial charge is 0.444 e. The first kappa shape index (κ1) is 15.4. The Hall–Kier alpha value is -2.54. The maximum atomic E-state index is 12.0. The molecule has 23 heavy (non-hydrogen) atoms. The van der Waals surface area contributed by atoms with E-state index in [1.54, 1.807) is 13.1 Å². The van der Waals surface area contributed by atoms with Crippen LogP contribution in [0, 0.1) is 13.8 Å². The van der Waals surface area contributed by atoms with Crippen LogP contribution >= 0.6 is 11.3 Å². The van der Waals surface area contributed by atoms with Crippen molar-refractivity contribution in [1.29, 1.82) is 0 Å². The van der Waals surface area contributed by atoms with Crippen molar-refractivity contribution in [2.75, 3.05) is 0 Å². The van der Waals surface area contributed by atoms with E-state index in [9.17, 15) is 4.79 Å². The number of aromatic nitrogens is 3. The third-order valence-electron chi connectivity index (χ3n) is 3.22. The molecule has 1 N–H and O–H groups in total. The van der Waals surface area contributed by atoms with Crippen molar-refractivity contribution in [3.05, 3.63) is 52.8 Å². The van der Waals surface area contributed by atoms with Crippen LogP contribution in [-0.2, 0) is 17.8 Å². The molecule has 0 saturated carbocycles. The van der Waals surface area contributed by atoms with Gasteiger partial charge in [-0.1, -0.05) is 6.07 Å². The van der Waals surface area contributed by atoms with Gasteiger partial charge in [-0.25, -0.2) is 9.97 Å². The first-order valence-electron chi connectivity index (χ1n) is 7.17. The Morgan fingerprint density at radius 1 is 1.30 bits per heavy atom. The van der Waals surface area contributed by atoms with E-state index in [0.717, 1.165) is 22.1 Å². The predicted octanol–water partition coefficient (Wildman–Crippen LogP) is 2.67. The van der Waals surface area contributed by atoms with Crippen LogP contribution in [-0.4, -0.2) is 20.9 Å². The van der Waals surface area contributed by atoms with Crippen molar-refractivity contribution in [3.8, 4) is 10.7 Å². The van der Waals surface area contributed by atoms with Gasteiger partial charge in [-0.05, 0) is 19.1 Å². The van der Waals surface area contributed by atoms with Crippen LogP contribution < -0.4 is 5.32 Å². The fourth-order valence-corrected chi connectivity index (χ4v) is 2.93. The van der Waals surface area contributed by atoms with Gasteiger partial charge < -0.3 is 9.73 Å². The number of carbonyl (C=O) groups excluding carboxylic acids is 1. The molecule has 0 aliphatic heterocycles. The van der Waals surface area contributed by atoms with Crippen LogP contribution in [0.1, 0.15) is 23.0 Å². The second-order valence-electron chi connectivity index (χ2n) is 5.05. The van der Waals surface area contributed by atoms with Crippen LogP contribution in [0.2, 0.25) is 0 Å². The average Bonchev–Trinajstić information content (AvgIpc) is 3.12. The van der Waals surface area contributed by atoms with Crippen molar-refractivity contribution in [2.24, 2.45) is 0 Å². The average molecular weight is 328 g/mol. The Kier molecular flexibility index (Phi) is 4.47. The topological polar surface area (TPSA) is 80.9 Å². The summed E-state index contributed by atoms with van der Waals surface area (Å²) in [5.74, 6) is 1.19. The molecule has 0 atom stereocenters. The SMILES string of the molecule is Cc1nc(C)c(CNC(=O)Cc2csc(-c3ccccn3)n2)o1. The first-order chi connectivity index (χ1) is 11.1. The number of thiazole rings is 1. The van der Waals surface area contributed by atoms with E-state index >= 15 is 0 Å². The van der Waals surface area contributed by atoms with Gasteiger partial charge in [0.2, 0.25) is 5.91 Å². The normalized spacial score (nSPS) is 10.7. The molecular weight excluding hydrogens is 312 g/mol. The lowest BCUT2D eigenvalue weighted by Crippen LogP contribution is -2.24. The molecule has 7 heteroatoms. The predicted molar refractivity (Wildman–Crippen MR) is 86.9 cm³/mol. The molecule has 6 nitrogen and oxygen atoms in total. The third-order valence-corrected chi connectivity index (χ3v) is 4.14. The van der Waals surface area contributed by atoms with E-state index in [1.165, 1.54) is 11.3 Å². The molecule has 0 saturated heterocycles. The second-order valence-corrected chi connectivity index (χ2v) is 5.91. The summed E-state index contributed by atoms with van der Waals surface area (Å²) in [5, 5.41) is 5.52. The summed E-state index contributed by atoms with van der Waals surface area (Å²) < 4.78 is 5.43. The number of hydrogen-bond acceptors (Lipinski definition) is 6. The Balaban J connectivity index is 1.58. The highest BCUT2D eigenvalue weighted by Crippen LogP contribution is 2.21. The fourth-order valence-electron chi connectivity index (χ4n) is 2.14. The number of rotatable bonds is 5. The van der Waals surface area contributed by atoms with Crippen LogP contribution in [0.5, 0.6) is 0 Å². The van der Waals surface area contributed by atoms with Gasteiger partial charge in [0, 0.05) is 18.5 Å². The van der Waals surface area contributed by atoms with E-state index in [0.29, 0.717) is 18.2 Å². The van der Waals surface area contributed by atoms with E-state index in [4.69, 9.17) is 4.42 Å². The first-order valence-corrected chi connectivity index (χ1v) is 8.05. The van der Waals surface area contributed by atoms with E-state index in [1.807, 2.05) is 30.5 Å². The molecule has 3 heterocycles. The molecule has 3 rings (SSSR count). The number of nitrogens with zero attached hydrogens (tertiary/aromatic N) is 3. The minimum Gasteiger partial charge on any atom is -0.444 e. The molecule has 0 aliphatic rings. The molecule has 0 aliphatic carbocycles. The molecule has 0 radical (unpaired) electrons. The quantitative estimate of drug-likeness (QED) is 0.779. The van der Waals surface area contributed by atoms with Gasteiger partial charge in [-0.3, -0.25) is 9.78 Å². The lowest BCUT2D eigenvalue weighted by atomic mass is 10.3. The zero-order valence-corrected chi connectivity index (χ0v) is 13.7. The Labute approximate surface area is 137 Å². The van der Waals surface area contributed by atoms with Crippen LogP contribution in [0.15, 0.2) is 34.2 Å². The lowest BCUT2D eigenvalue weighted by Gasteiger charge is -2.02. The number of nitrogens with one attached hydrogen (secondary N) is 1. The molecule has 0 spiro atoms. The van der Waals surface area contributed by atoms with Crippen molar-refractivity contribution < 1.29 is 9.21 Å². The second kappa shape index (κ2) is 6.70. The standard InChI is InChI=1S/C16H16N4O2S/c1-10-14(22-11(2)19-10)8-18-15(21)7-12-9-23-16(20-12)13-5-3-4-6-17-13/h3-6,9H,7-8H2,1-2H3,(H,18,21). The van der Waals surface area contributed by atoms with Crippen molar-refractivity contribution in [3.63, 3.8) is 0 Å². The molecule has 0 bridgehead atoms. The number of hydrogen-bond donors (Lipinski definition) is 1. The number of oxazole rings is 1. The van der Waals surface area contributed by atoms with Crippen LogP contribution in [0.3, 0.4) is 0 Å². The number of carbonyl (C=O) groups is 1. The summed E-state index contributed by atoms with van der Waals surface area (Å²) in [6.07, 6.45) is 1.96. The maximum Gasteiger partial charge on any atom is 0.226 e. The molecule has 0 unspecified atom stereocenters. The number of aryl methyl sites for hydroxylation is 2. The third kappa shape index (κ3) is 3.81. The monoisotopic (exact) mass is 328 g/mol. The maximum absolute atomic E-state index is 12.0. The molecule has 3 aromatic heterocycles. The summed E-state index contributed by atoms with van der Waals surface area (Å²) in [7, 11) is 0. The molecule has 1 amide bonds. The summed E-state index contributed by atoms with van der Waals surface area (Å²) in [4.78, 5) is 24.9. The zero-order chi connectivity index (χ0) is 16.2. The smallest absolute Gasteiger partial charge is 0.226 e. The summed E-state index contributed by atoms with van der Waals surface area (Å²) in [6.45, 7) is 3.98. The van der Waals surface area contributed by atoms with Crippen molar-refractivity contribution in [1.82, 2.24) is 20.3 Å². The van der Waals surface area contributed by atoms with E-state index < -0.39 is 0 Å². The van der Waals surface area contributed by atoms with Crippen molar-refractivity contribution in [2.45, 2.75) is 26.8 Å². The highest BCUT2D eigenvalue weighted by Gasteiger charge is 2.11. The summed E-state index contributed by atoms with van der Waals surface area (Å²) in [6, 6.07) is 5.67. The molecule has 0 aromatic carbocycles. The highest BCUT2D eigenvalue weighted by atomic mass is 32.1. The summed E-state index contributed by atoms with van der Waals surface area (Å²) in [5.41, 5.74) is 2.35. The van der Waals surface area contributed by atoms with Gasteiger partial charge in [0.1, 0.15) is 10.8 Å². The molecule has 0 fully saturated rings. The number of amides is 1. The summed E-state index contributed by atoms with van der Waals surface area (Å²) >= 11 is 1.48. The minimum atomic E-state index is -0.101. The Morgan fingerprint density at radius 3 is 2.87 bits per heavy atom. The fraction of sp³-hybridized carbons (Fsp3) is 0.250. The molecular formula is C16H16N4O2S. The zero-order valence-electron chi connectivity index (χ0n) is 12.9. The van der Waals surface area contributed by atoms with Crippen LogP contribution in [0.25, 0.3) is 10.7 Å². The lowest BCUT2D eigenvalue weighted by molar-refractivity contribution is -0.120. The van der Waals surface area contributed by atoms with Gasteiger partial charge in [0.25, 0.3) is 0 Å². The van der Waals surface area contributed by atoms with E-state index in [-0.39, 0.29) is 12.3 Å². The van der Waals surface area contributed by atoms with Crippen LogP contribution in [0.4, 0.5) is 0 Å². The minimum absolute atomic E-state index is 0.101.